The van der Waals surface area contributed by atoms with Crippen LogP contribution in [0.3, 0.4) is 0 Å². The van der Waals surface area contributed by atoms with E-state index in [1.54, 1.807) is 11.3 Å². The first kappa shape index (κ1) is 21.6. The van der Waals surface area contributed by atoms with Crippen molar-refractivity contribution in [2.75, 3.05) is 0 Å². The van der Waals surface area contributed by atoms with Crippen LogP contribution in [0.2, 0.25) is 5.02 Å². The molecule has 3 aromatic rings. The lowest BCUT2D eigenvalue weighted by Gasteiger charge is -2.12. The number of halogens is 2. The third-order valence-corrected chi connectivity index (χ3v) is 5.03. The molecule has 0 bridgehead atoms. The van der Waals surface area contributed by atoms with E-state index in [0.29, 0.717) is 18.1 Å². The Morgan fingerprint density at radius 3 is 2.67 bits per heavy atom. The molecule has 6 nitrogen and oxygen atoms in total. The second kappa shape index (κ2) is 10.6. The van der Waals surface area contributed by atoms with E-state index in [4.69, 9.17) is 11.6 Å². The largest absolute Gasteiger partial charge is 0.351 e. The predicted molar refractivity (Wildman–Crippen MR) is 122 cm³/mol. The van der Waals surface area contributed by atoms with Gasteiger partial charge < -0.3 is 15.2 Å². The number of hydrogen-bond acceptors (Lipinski definition) is 4. The van der Waals surface area contributed by atoms with Crippen molar-refractivity contribution >= 4 is 52.9 Å². The van der Waals surface area contributed by atoms with Crippen LogP contribution in [0.4, 0.5) is 0 Å². The fraction of sp³-hybridized carbons (Fsp3) is 0.278. The number of nitrogens with zero attached hydrogens (tertiary/aromatic N) is 4. The second-order valence-electron chi connectivity index (χ2n) is 5.80. The first-order chi connectivity index (χ1) is 12.6. The summed E-state index contributed by atoms with van der Waals surface area (Å²) in [4.78, 5) is 5.92. The van der Waals surface area contributed by atoms with Gasteiger partial charge in [0.2, 0.25) is 0 Å². The third kappa shape index (κ3) is 6.47. The summed E-state index contributed by atoms with van der Waals surface area (Å²) in [6.45, 7) is 3.73. The number of hydrogen-bond donors (Lipinski definition) is 2. The summed E-state index contributed by atoms with van der Waals surface area (Å²) >= 11 is 7.77. The average molecular weight is 517 g/mol. The highest BCUT2D eigenvalue weighted by molar-refractivity contribution is 14.0. The first-order valence-corrected chi connectivity index (χ1v) is 9.51. The topological polar surface area (TPSA) is 67.1 Å². The fourth-order valence-corrected chi connectivity index (χ4v) is 3.19. The Balaban J connectivity index is 0.00000261. The molecular formula is C18H22ClIN6S. The molecule has 0 unspecified atom stereocenters. The number of aliphatic imine (C=N–C) groups is 1. The number of thiophene rings is 1. The summed E-state index contributed by atoms with van der Waals surface area (Å²) in [7, 11) is 1.95. The van der Waals surface area contributed by atoms with E-state index >= 15 is 0 Å². The molecule has 2 heterocycles. The molecular weight excluding hydrogens is 495 g/mol. The molecule has 3 rings (SSSR count). The zero-order valence-electron chi connectivity index (χ0n) is 15.1. The van der Waals surface area contributed by atoms with Gasteiger partial charge in [0.25, 0.3) is 0 Å². The van der Waals surface area contributed by atoms with E-state index in [1.807, 2.05) is 48.9 Å². The fourth-order valence-electron chi connectivity index (χ4n) is 2.33. The molecule has 0 radical (unpaired) electrons. The van der Waals surface area contributed by atoms with Crippen molar-refractivity contribution in [2.24, 2.45) is 12.0 Å². The van der Waals surface area contributed by atoms with Crippen molar-refractivity contribution in [3.63, 3.8) is 0 Å². The molecule has 0 saturated carbocycles. The van der Waals surface area contributed by atoms with Gasteiger partial charge in [-0.25, -0.2) is 4.99 Å². The Labute approximate surface area is 185 Å². The van der Waals surface area contributed by atoms with Gasteiger partial charge in [0.15, 0.2) is 11.8 Å². The van der Waals surface area contributed by atoms with Crippen LogP contribution >= 0.6 is 46.9 Å². The number of benzene rings is 1. The van der Waals surface area contributed by atoms with Crippen LogP contribution in [-0.4, -0.2) is 20.7 Å². The Hall–Kier alpha value is -1.65. The van der Waals surface area contributed by atoms with Crippen molar-refractivity contribution in [1.29, 1.82) is 0 Å². The lowest BCUT2D eigenvalue weighted by Crippen LogP contribution is -2.37. The number of aromatic nitrogens is 3. The van der Waals surface area contributed by atoms with Gasteiger partial charge in [0.05, 0.1) is 19.6 Å². The van der Waals surface area contributed by atoms with E-state index in [2.05, 4.69) is 37.3 Å². The molecule has 0 atom stereocenters. The van der Waals surface area contributed by atoms with E-state index in [9.17, 15) is 0 Å². The summed E-state index contributed by atoms with van der Waals surface area (Å²) in [5.41, 5.74) is 1.06. The SMILES string of the molecule is Cc1nnc(CNC(=NCc2cccc(Cl)c2)NCc2cccs2)n1C.I. The smallest absolute Gasteiger partial charge is 0.192 e. The molecule has 2 aromatic heterocycles. The molecule has 144 valence electrons. The second-order valence-corrected chi connectivity index (χ2v) is 7.27. The molecule has 0 aliphatic carbocycles. The molecule has 27 heavy (non-hydrogen) atoms. The Bertz CT molecular complexity index is 878. The van der Waals surface area contributed by atoms with Gasteiger partial charge in [0.1, 0.15) is 5.82 Å². The van der Waals surface area contributed by atoms with Gasteiger partial charge in [-0.15, -0.1) is 45.5 Å². The summed E-state index contributed by atoms with van der Waals surface area (Å²) in [5, 5.41) is 17.7. The van der Waals surface area contributed by atoms with Crippen LogP contribution < -0.4 is 10.6 Å². The highest BCUT2D eigenvalue weighted by atomic mass is 127. The summed E-state index contributed by atoms with van der Waals surface area (Å²) < 4.78 is 1.96. The van der Waals surface area contributed by atoms with Gasteiger partial charge in [-0.2, -0.15) is 0 Å². The van der Waals surface area contributed by atoms with Gasteiger partial charge in [0, 0.05) is 16.9 Å². The summed E-state index contributed by atoms with van der Waals surface area (Å²) in [6, 6.07) is 11.9. The maximum absolute atomic E-state index is 6.05. The normalized spacial score (nSPS) is 11.1. The van der Waals surface area contributed by atoms with Crippen LogP contribution in [-0.2, 0) is 26.7 Å². The highest BCUT2D eigenvalue weighted by Crippen LogP contribution is 2.11. The minimum absolute atomic E-state index is 0. The van der Waals surface area contributed by atoms with Crippen LogP contribution in [0.15, 0.2) is 46.8 Å². The summed E-state index contributed by atoms with van der Waals surface area (Å²) in [6.07, 6.45) is 0. The van der Waals surface area contributed by atoms with Crippen molar-refractivity contribution in [3.8, 4) is 0 Å². The minimum atomic E-state index is 0. The molecule has 9 heteroatoms. The molecule has 0 aliphatic rings. The predicted octanol–water partition coefficient (Wildman–Crippen LogP) is 3.89. The average Bonchev–Trinajstić information content (AvgIpc) is 3.26. The molecule has 0 spiro atoms. The van der Waals surface area contributed by atoms with Crippen LogP contribution in [0.5, 0.6) is 0 Å². The van der Waals surface area contributed by atoms with Crippen molar-refractivity contribution < 1.29 is 0 Å². The van der Waals surface area contributed by atoms with Crippen LogP contribution in [0.25, 0.3) is 0 Å². The maximum atomic E-state index is 6.05. The van der Waals surface area contributed by atoms with E-state index < -0.39 is 0 Å². The Kier molecular flexibility index (Phi) is 8.52. The number of rotatable bonds is 6. The zero-order valence-corrected chi connectivity index (χ0v) is 19.0. The molecule has 1 aromatic carbocycles. The van der Waals surface area contributed by atoms with Crippen LogP contribution in [0.1, 0.15) is 22.1 Å². The van der Waals surface area contributed by atoms with Crippen molar-refractivity contribution in [3.05, 3.63) is 68.9 Å². The highest BCUT2D eigenvalue weighted by Gasteiger charge is 2.07. The van der Waals surface area contributed by atoms with Gasteiger partial charge in [-0.05, 0) is 36.1 Å². The lowest BCUT2D eigenvalue weighted by molar-refractivity contribution is 0.715. The quantitative estimate of drug-likeness (QED) is 0.296. The number of guanidine groups is 1. The zero-order chi connectivity index (χ0) is 18.4. The maximum Gasteiger partial charge on any atom is 0.192 e. The first-order valence-electron chi connectivity index (χ1n) is 8.25. The van der Waals surface area contributed by atoms with Crippen molar-refractivity contribution in [1.82, 2.24) is 25.4 Å². The number of nitrogens with one attached hydrogen (secondary N) is 2. The molecule has 0 fully saturated rings. The van der Waals surface area contributed by atoms with E-state index in [-0.39, 0.29) is 24.0 Å². The third-order valence-electron chi connectivity index (χ3n) is 3.92. The van der Waals surface area contributed by atoms with Crippen molar-refractivity contribution in [2.45, 2.75) is 26.6 Å². The Morgan fingerprint density at radius 1 is 1.19 bits per heavy atom. The minimum Gasteiger partial charge on any atom is -0.351 e. The Morgan fingerprint density at radius 2 is 2.00 bits per heavy atom. The molecule has 2 N–H and O–H groups in total. The molecule has 0 aliphatic heterocycles. The summed E-state index contributed by atoms with van der Waals surface area (Å²) in [5.74, 6) is 2.46. The lowest BCUT2D eigenvalue weighted by atomic mass is 10.2. The van der Waals surface area contributed by atoms with Crippen LogP contribution in [0, 0.1) is 6.92 Å². The molecule has 0 amide bonds. The number of aryl methyl sites for hydroxylation is 1. The standard InChI is InChI=1S/C18H21ClN6S.HI/c1-13-23-24-17(25(13)2)12-22-18(21-11-16-7-4-8-26-16)20-10-14-5-3-6-15(19)9-14;/h3-9H,10-12H2,1-2H3,(H2,20,21,22);1H. The van der Waals surface area contributed by atoms with E-state index in [1.165, 1.54) is 4.88 Å². The van der Waals surface area contributed by atoms with Gasteiger partial charge >= 0.3 is 0 Å². The monoisotopic (exact) mass is 516 g/mol. The van der Waals surface area contributed by atoms with Gasteiger partial charge in [-0.3, -0.25) is 0 Å². The van der Waals surface area contributed by atoms with E-state index in [0.717, 1.165) is 29.7 Å². The molecule has 0 saturated heterocycles. The van der Waals surface area contributed by atoms with Gasteiger partial charge in [-0.1, -0.05) is 29.8 Å².